The summed E-state index contributed by atoms with van der Waals surface area (Å²) in [5.74, 6) is 0. The van der Waals surface area contributed by atoms with Gasteiger partial charge in [0.05, 0.1) is 0 Å². The van der Waals surface area contributed by atoms with Gasteiger partial charge in [-0.15, -0.1) is 12.4 Å². The van der Waals surface area contributed by atoms with E-state index < -0.39 is 19.0 Å². The van der Waals surface area contributed by atoms with E-state index >= 15 is 0 Å². The van der Waals surface area contributed by atoms with E-state index in [2.05, 4.69) is 0 Å². The Balaban J connectivity index is 0. The normalized spacial score (nSPS) is 13.2. The van der Waals surface area contributed by atoms with Crippen LogP contribution in [-0.4, -0.2) is 16.8 Å². The van der Waals surface area contributed by atoms with Crippen LogP contribution in [0.2, 0.25) is 0 Å². The second kappa shape index (κ2) is 6.88. The van der Waals surface area contributed by atoms with Gasteiger partial charge in [-0.2, -0.15) is 0 Å². The van der Waals surface area contributed by atoms with Crippen LogP contribution in [-0.2, 0) is 29.0 Å². The summed E-state index contributed by atoms with van der Waals surface area (Å²) < 4.78 is 17.7. The number of hydrogen-bond acceptors (Lipinski definition) is 3. The predicted molar refractivity (Wildman–Crippen MR) is 69.8 cm³/mol. The molecule has 0 atom stereocenters. The monoisotopic (exact) mass is 303 g/mol. The Hall–Kier alpha value is 0.884. The zero-order valence-corrected chi connectivity index (χ0v) is 15.0. The van der Waals surface area contributed by atoms with Crippen molar-refractivity contribution in [3.8, 4) is 0 Å². The molecule has 0 radical (unpaired) electrons. The van der Waals surface area contributed by atoms with Crippen LogP contribution in [0.25, 0.3) is 0 Å². The Kier molecular flexibility index (Phi) is 8.18. The van der Waals surface area contributed by atoms with Crippen molar-refractivity contribution in [2.24, 2.45) is 0 Å². The van der Waals surface area contributed by atoms with Gasteiger partial charge in [-0.25, -0.2) is 0 Å². The van der Waals surface area contributed by atoms with Gasteiger partial charge in [0.1, 0.15) is 0 Å². The molecule has 0 spiro atoms. The molecule has 0 aliphatic heterocycles. The second-order valence-electron chi connectivity index (χ2n) is 6.89. The summed E-state index contributed by atoms with van der Waals surface area (Å²) in [6, 6.07) is 0. The van der Waals surface area contributed by atoms with Gasteiger partial charge in [0, 0.05) is 0 Å². The SMILES string of the molecule is CC(C)(C)[O][Ti]([O]C(C)(C)C)[O]C(C)(C)C.Cl. The average Bonchev–Trinajstić information content (AvgIpc) is 1.70. The average molecular weight is 304 g/mol. The molecule has 0 aromatic carbocycles. The molecule has 3 nitrogen and oxygen atoms in total. The molecule has 0 amide bonds. The Morgan fingerprint density at radius 3 is 0.824 bits per heavy atom. The number of hydrogen-bond donors (Lipinski definition) is 0. The van der Waals surface area contributed by atoms with Gasteiger partial charge in [-0.3, -0.25) is 0 Å². The fourth-order valence-electron chi connectivity index (χ4n) is 0.812. The van der Waals surface area contributed by atoms with E-state index in [9.17, 15) is 0 Å². The van der Waals surface area contributed by atoms with Crippen molar-refractivity contribution in [3.63, 3.8) is 0 Å². The zero-order valence-electron chi connectivity index (χ0n) is 12.6. The first kappa shape index (κ1) is 20.2. The smallest absolute Gasteiger partial charge is 0.147 e. The van der Waals surface area contributed by atoms with Crippen molar-refractivity contribution in [2.75, 3.05) is 0 Å². The third-order valence-corrected chi connectivity index (χ3v) is 4.82. The van der Waals surface area contributed by atoms with Crippen LogP contribution in [0.3, 0.4) is 0 Å². The van der Waals surface area contributed by atoms with Crippen molar-refractivity contribution >= 4 is 12.4 Å². The summed E-state index contributed by atoms with van der Waals surface area (Å²) in [5, 5.41) is 0. The summed E-state index contributed by atoms with van der Waals surface area (Å²) in [7, 11) is 0. The minimum Gasteiger partial charge on any atom is -0.147 e. The summed E-state index contributed by atoms with van der Waals surface area (Å²) in [5.41, 5.74) is -0.649. The Labute approximate surface area is 120 Å². The summed E-state index contributed by atoms with van der Waals surface area (Å²) in [4.78, 5) is 0. The quantitative estimate of drug-likeness (QED) is 0.731. The Morgan fingerprint density at radius 1 is 0.529 bits per heavy atom. The molecule has 105 valence electrons. The van der Waals surface area contributed by atoms with Crippen LogP contribution in [0.15, 0.2) is 0 Å². The zero-order chi connectivity index (χ0) is 13.2. The predicted octanol–water partition coefficient (Wildman–Crippen LogP) is 4.22. The maximum absolute atomic E-state index is 5.91. The van der Waals surface area contributed by atoms with Gasteiger partial charge >= 0.3 is 108 Å². The topological polar surface area (TPSA) is 27.7 Å². The molecule has 0 saturated heterocycles. The first-order valence-corrected chi connectivity index (χ1v) is 7.64. The summed E-state index contributed by atoms with van der Waals surface area (Å²) in [6.45, 7) is 18.2. The molecule has 5 heteroatoms. The van der Waals surface area contributed by atoms with Crippen LogP contribution >= 0.6 is 12.4 Å². The summed E-state index contributed by atoms with van der Waals surface area (Å²) >= 11 is -2.40. The number of rotatable bonds is 3. The minimum atomic E-state index is -2.40. The minimum absolute atomic E-state index is 0. The number of halogens is 1. The molecule has 0 N–H and O–H groups in total. The maximum Gasteiger partial charge on any atom is -0.147 e. The third kappa shape index (κ3) is 14.8. The molecule has 0 unspecified atom stereocenters. The van der Waals surface area contributed by atoms with E-state index in [-0.39, 0.29) is 29.2 Å². The van der Waals surface area contributed by atoms with E-state index in [1.807, 2.05) is 62.3 Å². The van der Waals surface area contributed by atoms with Crippen LogP contribution in [0.4, 0.5) is 0 Å². The van der Waals surface area contributed by atoms with Crippen molar-refractivity contribution in [1.82, 2.24) is 0 Å². The Bertz CT molecular complexity index is 175. The molecular weight excluding hydrogens is 275 g/mol. The van der Waals surface area contributed by atoms with Crippen molar-refractivity contribution in [2.45, 2.75) is 79.1 Å². The van der Waals surface area contributed by atoms with Crippen molar-refractivity contribution < 1.29 is 29.0 Å². The molecule has 0 aliphatic rings. The van der Waals surface area contributed by atoms with E-state index in [1.165, 1.54) is 0 Å². The van der Waals surface area contributed by atoms with Gasteiger partial charge in [0.25, 0.3) is 0 Å². The molecule has 0 aromatic heterocycles. The van der Waals surface area contributed by atoms with Crippen LogP contribution < -0.4 is 0 Å². The Morgan fingerprint density at radius 2 is 0.706 bits per heavy atom. The molecule has 0 heterocycles. The van der Waals surface area contributed by atoms with Gasteiger partial charge in [-0.1, -0.05) is 0 Å². The summed E-state index contributed by atoms with van der Waals surface area (Å²) in [6.07, 6.45) is 0. The standard InChI is InChI=1S/3C4H9O.ClH.Ti/c3*1-4(2,3)5;;/h3*1-3H3;1H;/q3*-1;;+3. The first-order chi connectivity index (χ1) is 6.79. The van der Waals surface area contributed by atoms with Gasteiger partial charge in [0.15, 0.2) is 0 Å². The van der Waals surface area contributed by atoms with Crippen LogP contribution in [0.1, 0.15) is 62.3 Å². The van der Waals surface area contributed by atoms with Crippen LogP contribution in [0, 0.1) is 0 Å². The molecule has 0 rings (SSSR count). The fourth-order valence-corrected chi connectivity index (χ4v) is 3.35. The van der Waals surface area contributed by atoms with Gasteiger partial charge in [0.2, 0.25) is 0 Å². The molecule has 0 fully saturated rings. The largest absolute Gasteiger partial charge is 0.147 e. The van der Waals surface area contributed by atoms with Gasteiger partial charge in [-0.05, 0) is 0 Å². The van der Waals surface area contributed by atoms with Crippen molar-refractivity contribution in [3.05, 3.63) is 0 Å². The molecular formula is C12H28ClO3Ti. The van der Waals surface area contributed by atoms with E-state index in [4.69, 9.17) is 9.96 Å². The maximum atomic E-state index is 5.91. The fraction of sp³-hybridized carbons (Fsp3) is 1.00. The van der Waals surface area contributed by atoms with Crippen LogP contribution in [0.5, 0.6) is 0 Å². The second-order valence-corrected chi connectivity index (χ2v) is 8.63. The first-order valence-electron chi connectivity index (χ1n) is 5.72. The third-order valence-electron chi connectivity index (χ3n) is 1.17. The van der Waals surface area contributed by atoms with Gasteiger partial charge < -0.3 is 0 Å². The van der Waals surface area contributed by atoms with E-state index in [1.54, 1.807) is 0 Å². The molecule has 17 heavy (non-hydrogen) atoms. The van der Waals surface area contributed by atoms with E-state index in [0.29, 0.717) is 0 Å². The molecule has 0 saturated carbocycles. The molecule has 0 aliphatic carbocycles. The molecule has 0 aromatic rings. The van der Waals surface area contributed by atoms with Crippen molar-refractivity contribution in [1.29, 1.82) is 0 Å². The molecule has 0 bridgehead atoms. The van der Waals surface area contributed by atoms with E-state index in [0.717, 1.165) is 0 Å².